The predicted molar refractivity (Wildman–Crippen MR) is 99.9 cm³/mol. The Hall–Kier alpha value is -1.74. The van der Waals surface area contributed by atoms with Crippen molar-refractivity contribution >= 4 is 29.3 Å². The van der Waals surface area contributed by atoms with Crippen LogP contribution in [0.1, 0.15) is 12.8 Å². The largest absolute Gasteiger partial charge is 0.401 e. The number of halogens is 3. The molecule has 0 radical (unpaired) electrons. The third-order valence-electron chi connectivity index (χ3n) is 4.34. The molecule has 150 valence electrons. The summed E-state index contributed by atoms with van der Waals surface area (Å²) in [4.78, 5) is 28.3. The number of nitrogens with zero attached hydrogens (tertiary/aromatic N) is 2. The number of thioether (sulfide) groups is 1. The number of nitrogens with one attached hydrogen (secondary N) is 1. The van der Waals surface area contributed by atoms with E-state index in [1.165, 1.54) is 11.9 Å². The predicted octanol–water partition coefficient (Wildman–Crippen LogP) is 2.76. The molecular weight excluding hydrogens is 379 g/mol. The summed E-state index contributed by atoms with van der Waals surface area (Å²) >= 11 is 1.61. The Balaban J connectivity index is 1.76. The van der Waals surface area contributed by atoms with E-state index in [4.69, 9.17) is 0 Å². The van der Waals surface area contributed by atoms with Crippen molar-refractivity contribution in [3.63, 3.8) is 0 Å². The maximum Gasteiger partial charge on any atom is 0.401 e. The van der Waals surface area contributed by atoms with Crippen molar-refractivity contribution < 1.29 is 22.8 Å². The van der Waals surface area contributed by atoms with Crippen LogP contribution in [0.2, 0.25) is 0 Å². The Morgan fingerprint density at radius 2 is 2.00 bits per heavy atom. The van der Waals surface area contributed by atoms with Crippen molar-refractivity contribution in [2.75, 3.05) is 44.4 Å². The molecule has 1 fully saturated rings. The minimum atomic E-state index is -4.22. The van der Waals surface area contributed by atoms with Crippen LogP contribution in [0.3, 0.4) is 0 Å². The van der Waals surface area contributed by atoms with Gasteiger partial charge in [-0.1, -0.05) is 0 Å². The zero-order valence-corrected chi connectivity index (χ0v) is 16.2. The van der Waals surface area contributed by atoms with Crippen LogP contribution in [0, 0.1) is 5.92 Å². The van der Waals surface area contributed by atoms with Crippen LogP contribution < -0.4 is 10.2 Å². The lowest BCUT2D eigenvalue weighted by molar-refractivity contribution is -0.143. The van der Waals surface area contributed by atoms with Crippen LogP contribution in [-0.2, 0) is 9.59 Å². The smallest absolute Gasteiger partial charge is 0.356 e. The van der Waals surface area contributed by atoms with Gasteiger partial charge in [-0.2, -0.15) is 13.2 Å². The summed E-state index contributed by atoms with van der Waals surface area (Å²) in [6, 6.07) is 7.58. The molecule has 9 heteroatoms. The number of anilines is 1. The minimum Gasteiger partial charge on any atom is -0.356 e. The molecule has 0 spiro atoms. The van der Waals surface area contributed by atoms with Gasteiger partial charge in [-0.3, -0.25) is 14.5 Å². The van der Waals surface area contributed by atoms with Gasteiger partial charge in [-0.15, -0.1) is 11.8 Å². The van der Waals surface area contributed by atoms with Gasteiger partial charge < -0.3 is 10.2 Å². The second-order valence-corrected chi connectivity index (χ2v) is 7.48. The molecule has 1 aliphatic heterocycles. The molecule has 2 rings (SSSR count). The highest BCUT2D eigenvalue weighted by Gasteiger charge is 2.35. The summed E-state index contributed by atoms with van der Waals surface area (Å²) in [5.41, 5.74) is 0.766. The van der Waals surface area contributed by atoms with E-state index >= 15 is 0 Å². The molecule has 0 saturated carbocycles. The molecule has 1 saturated heterocycles. The highest BCUT2D eigenvalue weighted by Crippen LogP contribution is 2.27. The molecule has 2 amide bonds. The average Bonchev–Trinajstić information content (AvgIpc) is 2.99. The zero-order valence-electron chi connectivity index (χ0n) is 15.4. The van der Waals surface area contributed by atoms with Gasteiger partial charge in [-0.05, 0) is 50.5 Å². The Labute approximate surface area is 161 Å². The average molecular weight is 403 g/mol. The first kappa shape index (κ1) is 21.6. The van der Waals surface area contributed by atoms with E-state index < -0.39 is 18.6 Å². The molecule has 0 bridgehead atoms. The fourth-order valence-corrected chi connectivity index (χ4v) is 3.39. The van der Waals surface area contributed by atoms with Crippen molar-refractivity contribution in [2.45, 2.75) is 23.9 Å². The molecule has 0 aromatic heterocycles. The van der Waals surface area contributed by atoms with Crippen molar-refractivity contribution in [3.05, 3.63) is 24.3 Å². The van der Waals surface area contributed by atoms with E-state index in [2.05, 4.69) is 5.32 Å². The summed E-state index contributed by atoms with van der Waals surface area (Å²) in [7, 11) is 1.39. The fraction of sp³-hybridized carbons (Fsp3) is 0.556. The lowest BCUT2D eigenvalue weighted by atomic mass is 10.1. The van der Waals surface area contributed by atoms with E-state index in [0.717, 1.165) is 10.6 Å². The molecule has 27 heavy (non-hydrogen) atoms. The van der Waals surface area contributed by atoms with Crippen LogP contribution in [0.5, 0.6) is 0 Å². The molecule has 5 nitrogen and oxygen atoms in total. The standard InChI is InChI=1S/C18H24F3N3O2S/c1-23(12-18(19,20)21)9-3-8-22-17(26)13-10-16(25)24(11-13)14-4-6-15(27-2)7-5-14/h4-7,13H,3,8-12H2,1-2H3,(H,22,26). The summed E-state index contributed by atoms with van der Waals surface area (Å²) in [6.45, 7) is -0.134. The second kappa shape index (κ2) is 9.45. The Morgan fingerprint density at radius 3 is 2.59 bits per heavy atom. The first-order valence-corrected chi connectivity index (χ1v) is 9.89. The van der Waals surface area contributed by atoms with Crippen molar-refractivity contribution in [3.8, 4) is 0 Å². The molecule has 1 N–H and O–H groups in total. The first-order valence-electron chi connectivity index (χ1n) is 8.67. The molecule has 1 aromatic rings. The second-order valence-electron chi connectivity index (χ2n) is 6.60. The van der Waals surface area contributed by atoms with Crippen molar-refractivity contribution in [1.29, 1.82) is 0 Å². The molecular formula is C18H24F3N3O2S. The molecule has 0 aliphatic carbocycles. The van der Waals surface area contributed by atoms with Crippen LogP contribution in [0.25, 0.3) is 0 Å². The van der Waals surface area contributed by atoms with Gasteiger partial charge in [-0.25, -0.2) is 0 Å². The number of benzene rings is 1. The Morgan fingerprint density at radius 1 is 1.33 bits per heavy atom. The number of alkyl halides is 3. The highest BCUT2D eigenvalue weighted by atomic mass is 32.2. The number of rotatable bonds is 8. The normalized spacial score (nSPS) is 17.6. The maximum atomic E-state index is 12.3. The van der Waals surface area contributed by atoms with Gasteiger partial charge in [0.05, 0.1) is 12.5 Å². The summed E-state index contributed by atoms with van der Waals surface area (Å²) < 4.78 is 36.8. The molecule has 1 atom stereocenters. The van der Waals surface area contributed by atoms with Crippen molar-refractivity contribution in [2.24, 2.45) is 5.92 Å². The molecule has 1 heterocycles. The van der Waals surface area contributed by atoms with E-state index in [0.29, 0.717) is 13.0 Å². The molecule has 1 aromatic carbocycles. The van der Waals surface area contributed by atoms with Gasteiger partial charge in [0.1, 0.15) is 0 Å². The highest BCUT2D eigenvalue weighted by molar-refractivity contribution is 7.98. The lowest BCUT2D eigenvalue weighted by Crippen LogP contribution is -2.36. The topological polar surface area (TPSA) is 52.7 Å². The SMILES string of the molecule is CSc1ccc(N2CC(C(=O)NCCCN(C)CC(F)(F)F)CC2=O)cc1. The number of hydrogen-bond acceptors (Lipinski definition) is 4. The Bertz CT molecular complexity index is 652. The molecule has 1 aliphatic rings. The van der Waals surface area contributed by atoms with Gasteiger partial charge in [0.25, 0.3) is 0 Å². The first-order chi connectivity index (χ1) is 12.7. The zero-order chi connectivity index (χ0) is 20.0. The summed E-state index contributed by atoms with van der Waals surface area (Å²) in [5.74, 6) is -0.771. The minimum absolute atomic E-state index is 0.100. The van der Waals surface area contributed by atoms with Crippen molar-refractivity contribution in [1.82, 2.24) is 10.2 Å². The monoisotopic (exact) mass is 403 g/mol. The number of carbonyl (C=O) groups excluding carboxylic acids is 2. The van der Waals surface area contributed by atoms with Gasteiger partial charge in [0, 0.05) is 30.1 Å². The number of hydrogen-bond donors (Lipinski definition) is 1. The van der Waals surface area contributed by atoms with Crippen LogP contribution >= 0.6 is 11.8 Å². The van der Waals surface area contributed by atoms with Crippen LogP contribution in [0.15, 0.2) is 29.2 Å². The number of carbonyl (C=O) groups is 2. The molecule has 1 unspecified atom stereocenters. The maximum absolute atomic E-state index is 12.3. The number of amides is 2. The van der Waals surface area contributed by atoms with Gasteiger partial charge >= 0.3 is 6.18 Å². The van der Waals surface area contributed by atoms with E-state index in [-0.39, 0.29) is 31.3 Å². The van der Waals surface area contributed by atoms with E-state index in [1.54, 1.807) is 16.7 Å². The van der Waals surface area contributed by atoms with E-state index in [9.17, 15) is 22.8 Å². The van der Waals surface area contributed by atoms with Gasteiger partial charge in [0.15, 0.2) is 0 Å². The Kier molecular flexibility index (Phi) is 7.55. The van der Waals surface area contributed by atoms with E-state index in [1.807, 2.05) is 30.5 Å². The third-order valence-corrected chi connectivity index (χ3v) is 5.09. The van der Waals surface area contributed by atoms with Gasteiger partial charge in [0.2, 0.25) is 11.8 Å². The fourth-order valence-electron chi connectivity index (χ4n) is 2.98. The summed E-state index contributed by atoms with van der Waals surface area (Å²) in [6.07, 6.45) is -1.69. The third kappa shape index (κ3) is 6.73. The van der Waals surface area contributed by atoms with Crippen LogP contribution in [0.4, 0.5) is 18.9 Å². The quantitative estimate of drug-likeness (QED) is 0.536. The van der Waals surface area contributed by atoms with Crippen LogP contribution in [-0.4, -0.2) is 62.4 Å². The summed E-state index contributed by atoms with van der Waals surface area (Å²) in [5, 5.41) is 2.72. The lowest BCUT2D eigenvalue weighted by Gasteiger charge is -2.19.